The molecule has 0 radical (unpaired) electrons. The third-order valence-electron chi connectivity index (χ3n) is 12.6. The van der Waals surface area contributed by atoms with Gasteiger partial charge in [0.15, 0.2) is 0 Å². The number of hydrogen-bond acceptors (Lipinski definition) is 3. The quantitative estimate of drug-likeness (QED) is 0.166. The zero-order chi connectivity index (χ0) is 41.2. The van der Waals surface area contributed by atoms with Crippen LogP contribution in [0.1, 0.15) is 70.3 Å². The van der Waals surface area contributed by atoms with Gasteiger partial charge in [0.25, 0.3) is 0 Å². The number of nitrogens with one attached hydrogen (secondary N) is 1. The standard InChI is InChI=1S/C59H45N3/c1-5-16-40(17-6-1)45-24-13-27-49(34-45)56-39-57(62-59(61-56)51-29-15-25-46(36-51)41-18-7-2-8-19-41)50-28-14-26-47(35-50)48-31-30-43-32-33-54-58(52(43)37-48)53(42-20-9-3-10-21-42)38-55(60-54)44-22-11-4-12-23-44/h1-5,7-16,18-36,38-39,52,57H,6,17,37H2,(H,61,62). The summed E-state index contributed by atoms with van der Waals surface area (Å²) in [5.41, 5.74) is 20.2. The van der Waals surface area contributed by atoms with Crippen LogP contribution >= 0.6 is 0 Å². The Balaban J connectivity index is 0.967. The Morgan fingerprint density at radius 3 is 1.95 bits per heavy atom. The molecule has 62 heavy (non-hydrogen) atoms. The minimum absolute atomic E-state index is 0.181. The highest BCUT2D eigenvalue weighted by atomic mass is 15.0. The van der Waals surface area contributed by atoms with Crippen molar-refractivity contribution in [2.45, 2.75) is 31.2 Å². The van der Waals surface area contributed by atoms with Crippen LogP contribution in [0.5, 0.6) is 0 Å². The molecule has 2 atom stereocenters. The highest BCUT2D eigenvalue weighted by molar-refractivity contribution is 6.05. The summed E-state index contributed by atoms with van der Waals surface area (Å²) in [6, 6.07) is 60.8. The van der Waals surface area contributed by atoms with E-state index in [0.29, 0.717) is 0 Å². The monoisotopic (exact) mass is 795 g/mol. The minimum atomic E-state index is -0.194. The van der Waals surface area contributed by atoms with Crippen molar-refractivity contribution in [3.63, 3.8) is 0 Å². The molecular weight excluding hydrogens is 751 g/mol. The summed E-state index contributed by atoms with van der Waals surface area (Å²) in [7, 11) is 0. The van der Waals surface area contributed by atoms with Crippen LogP contribution in [-0.2, 0) is 0 Å². The summed E-state index contributed by atoms with van der Waals surface area (Å²) >= 11 is 0. The zero-order valence-electron chi connectivity index (χ0n) is 34.5. The van der Waals surface area contributed by atoms with Crippen LogP contribution in [0.2, 0.25) is 0 Å². The summed E-state index contributed by atoms with van der Waals surface area (Å²) in [6.07, 6.45) is 21.1. The van der Waals surface area contributed by atoms with E-state index < -0.39 is 0 Å². The number of allylic oxidation sites excluding steroid dienone is 9. The largest absolute Gasteiger partial charge is 0.340 e. The molecule has 11 rings (SSSR count). The smallest absolute Gasteiger partial charge is 0.133 e. The maximum atomic E-state index is 5.46. The molecule has 0 amide bonds. The number of pyridine rings is 1. The van der Waals surface area contributed by atoms with Crippen molar-refractivity contribution >= 4 is 28.8 Å². The number of hydrogen-bond donors (Lipinski definition) is 1. The lowest BCUT2D eigenvalue weighted by Crippen LogP contribution is -2.27. The maximum Gasteiger partial charge on any atom is 0.133 e. The van der Waals surface area contributed by atoms with Crippen LogP contribution in [0, 0.1) is 0 Å². The average molecular weight is 796 g/mol. The Kier molecular flexibility index (Phi) is 9.91. The predicted molar refractivity (Wildman–Crippen MR) is 259 cm³/mol. The fourth-order valence-electron chi connectivity index (χ4n) is 9.38. The second kappa shape index (κ2) is 16.4. The number of amidine groups is 1. The fraction of sp³-hybridized carbons (Fsp3) is 0.0847. The second-order valence-electron chi connectivity index (χ2n) is 16.5. The van der Waals surface area contributed by atoms with E-state index in [-0.39, 0.29) is 12.0 Å². The number of nitrogens with zero attached hydrogens (tertiary/aromatic N) is 2. The van der Waals surface area contributed by atoms with Crippen molar-refractivity contribution in [1.29, 1.82) is 0 Å². The molecule has 0 fully saturated rings. The van der Waals surface area contributed by atoms with E-state index in [0.717, 1.165) is 64.4 Å². The molecule has 0 saturated heterocycles. The van der Waals surface area contributed by atoms with Crippen molar-refractivity contribution in [3.8, 4) is 33.5 Å². The second-order valence-corrected chi connectivity index (χ2v) is 16.5. The van der Waals surface area contributed by atoms with E-state index in [1.54, 1.807) is 0 Å². The molecule has 2 heterocycles. The first-order valence-corrected chi connectivity index (χ1v) is 21.7. The molecular formula is C59H45N3. The Bertz CT molecular complexity index is 3050. The SMILES string of the molecule is C1=CCCC(c2cccc(C3=CC(c4cccc(C5=CC=C6C=Cc7nc(-c8ccccc8)cc(-c8ccccc8)c7C6C5)c4)N=C(c4cccc(-c5ccccc5)c4)N3)c2)=C1. The predicted octanol–water partition coefficient (Wildman–Crippen LogP) is 14.5. The van der Waals surface area contributed by atoms with Crippen LogP contribution in [0.4, 0.5) is 0 Å². The van der Waals surface area contributed by atoms with Gasteiger partial charge in [-0.1, -0.05) is 182 Å². The molecule has 3 heteroatoms. The summed E-state index contributed by atoms with van der Waals surface area (Å²) < 4.78 is 0. The van der Waals surface area contributed by atoms with E-state index in [9.17, 15) is 0 Å². The van der Waals surface area contributed by atoms with Crippen molar-refractivity contribution < 1.29 is 0 Å². The molecule has 1 aromatic heterocycles. The van der Waals surface area contributed by atoms with Gasteiger partial charge in [0.2, 0.25) is 0 Å². The first-order valence-electron chi connectivity index (χ1n) is 21.7. The van der Waals surface area contributed by atoms with Gasteiger partial charge >= 0.3 is 0 Å². The van der Waals surface area contributed by atoms with Crippen molar-refractivity contribution in [1.82, 2.24) is 10.3 Å². The molecule has 7 aromatic rings. The van der Waals surface area contributed by atoms with Crippen LogP contribution < -0.4 is 5.32 Å². The minimum Gasteiger partial charge on any atom is -0.340 e. The van der Waals surface area contributed by atoms with Crippen LogP contribution in [0.15, 0.2) is 223 Å². The summed E-state index contributed by atoms with van der Waals surface area (Å²) in [5, 5.41) is 3.79. The molecule has 1 aliphatic heterocycles. The lowest BCUT2D eigenvalue weighted by molar-refractivity contribution is 0.816. The Morgan fingerprint density at radius 1 is 0.516 bits per heavy atom. The van der Waals surface area contributed by atoms with Crippen LogP contribution in [-0.4, -0.2) is 10.8 Å². The van der Waals surface area contributed by atoms with Gasteiger partial charge in [-0.15, -0.1) is 0 Å². The Hall–Kier alpha value is -7.62. The number of aromatic nitrogens is 1. The van der Waals surface area contributed by atoms with Crippen molar-refractivity contribution in [2.24, 2.45) is 4.99 Å². The van der Waals surface area contributed by atoms with E-state index >= 15 is 0 Å². The lowest BCUT2D eigenvalue weighted by Gasteiger charge is -2.31. The molecule has 3 nitrogen and oxygen atoms in total. The molecule has 1 N–H and O–H groups in total. The zero-order valence-corrected chi connectivity index (χ0v) is 34.5. The van der Waals surface area contributed by atoms with E-state index in [2.05, 4.69) is 224 Å². The highest BCUT2D eigenvalue weighted by Crippen LogP contribution is 2.47. The third-order valence-corrected chi connectivity index (χ3v) is 12.6. The van der Waals surface area contributed by atoms with E-state index in [1.807, 2.05) is 0 Å². The molecule has 2 unspecified atom stereocenters. The first-order chi connectivity index (χ1) is 30.7. The number of aliphatic imine (C=N–C) groups is 1. The highest BCUT2D eigenvalue weighted by Gasteiger charge is 2.30. The van der Waals surface area contributed by atoms with E-state index in [4.69, 9.17) is 9.98 Å². The Labute approximate surface area is 364 Å². The first kappa shape index (κ1) is 37.4. The van der Waals surface area contributed by atoms with E-state index in [1.165, 1.54) is 55.7 Å². The molecule has 4 aliphatic rings. The fourth-order valence-corrected chi connectivity index (χ4v) is 9.38. The van der Waals surface area contributed by atoms with Gasteiger partial charge in [0, 0.05) is 22.7 Å². The Morgan fingerprint density at radius 2 is 1.18 bits per heavy atom. The molecule has 0 spiro atoms. The molecule has 296 valence electrons. The van der Waals surface area contributed by atoms with Gasteiger partial charge in [-0.25, -0.2) is 4.98 Å². The van der Waals surface area contributed by atoms with Crippen molar-refractivity contribution in [2.75, 3.05) is 0 Å². The maximum absolute atomic E-state index is 5.46. The number of fused-ring (bicyclic) bond motifs is 3. The molecule has 0 bridgehead atoms. The third kappa shape index (κ3) is 7.43. The summed E-state index contributed by atoms with van der Waals surface area (Å²) in [4.78, 5) is 10.8. The molecule has 6 aromatic carbocycles. The summed E-state index contributed by atoms with van der Waals surface area (Å²) in [5.74, 6) is 1.05. The molecule has 0 saturated carbocycles. The average Bonchev–Trinajstić information content (AvgIpc) is 3.37. The number of benzene rings is 6. The number of rotatable bonds is 8. The van der Waals surface area contributed by atoms with Gasteiger partial charge in [-0.05, 0) is 122 Å². The lowest BCUT2D eigenvalue weighted by atomic mass is 9.74. The van der Waals surface area contributed by atoms with Crippen LogP contribution in [0.3, 0.4) is 0 Å². The molecule has 3 aliphatic carbocycles. The van der Waals surface area contributed by atoms with Gasteiger partial charge in [-0.3, -0.25) is 4.99 Å². The normalized spacial score (nSPS) is 17.6. The van der Waals surface area contributed by atoms with Gasteiger partial charge in [-0.2, -0.15) is 0 Å². The topological polar surface area (TPSA) is 37.3 Å². The van der Waals surface area contributed by atoms with Gasteiger partial charge < -0.3 is 5.32 Å². The van der Waals surface area contributed by atoms with Gasteiger partial charge in [0.05, 0.1) is 17.4 Å². The van der Waals surface area contributed by atoms with Crippen molar-refractivity contribution in [3.05, 3.63) is 257 Å². The van der Waals surface area contributed by atoms with Gasteiger partial charge in [0.1, 0.15) is 5.84 Å². The summed E-state index contributed by atoms with van der Waals surface area (Å²) in [6.45, 7) is 0. The van der Waals surface area contributed by atoms with Crippen LogP contribution in [0.25, 0.3) is 56.4 Å².